The Labute approximate surface area is 186 Å². The van der Waals surface area contributed by atoms with E-state index in [0.29, 0.717) is 30.6 Å². The lowest BCUT2D eigenvalue weighted by molar-refractivity contribution is -0.136. The van der Waals surface area contributed by atoms with Crippen molar-refractivity contribution < 1.29 is 9.53 Å². The number of hydrogen-bond donors (Lipinski definition) is 0. The molecule has 0 saturated carbocycles. The monoisotopic (exact) mass is 458 g/mol. The molecule has 1 aliphatic heterocycles. The number of halogens is 2. The van der Waals surface area contributed by atoms with Crippen LogP contribution in [0.4, 0.5) is 0 Å². The van der Waals surface area contributed by atoms with Crippen molar-refractivity contribution in [3.8, 4) is 0 Å². The average Bonchev–Trinajstić information content (AvgIpc) is 3.03. The number of allylic oxidation sites excluding steroid dienone is 1. The number of fused-ring (bicyclic) bond motifs is 1. The van der Waals surface area contributed by atoms with E-state index in [1.54, 1.807) is 37.3 Å². The molecule has 1 atom stereocenters. The molecule has 0 bridgehead atoms. The molecule has 0 spiro atoms. The fourth-order valence-electron chi connectivity index (χ4n) is 3.42. The predicted molar refractivity (Wildman–Crippen MR) is 119 cm³/mol. The maximum atomic E-state index is 13.4. The molecule has 0 unspecified atom stereocenters. The number of methoxy groups -OCH3 is 1. The van der Waals surface area contributed by atoms with Gasteiger partial charge in [0.25, 0.3) is 5.56 Å². The van der Waals surface area contributed by atoms with Crippen molar-refractivity contribution in [3.63, 3.8) is 0 Å². The van der Waals surface area contributed by atoms with Crippen LogP contribution in [0.3, 0.4) is 0 Å². The minimum Gasteiger partial charge on any atom is -0.466 e. The molecule has 8 heteroatoms. The second-order valence-corrected chi connectivity index (χ2v) is 8.44. The third kappa shape index (κ3) is 3.51. The lowest BCUT2D eigenvalue weighted by Crippen LogP contribution is -2.39. The van der Waals surface area contributed by atoms with Crippen molar-refractivity contribution in [2.45, 2.75) is 13.0 Å². The summed E-state index contributed by atoms with van der Waals surface area (Å²) in [5.74, 6) is -0.554. The van der Waals surface area contributed by atoms with Crippen molar-refractivity contribution in [2.75, 3.05) is 7.11 Å². The first kappa shape index (κ1) is 20.6. The predicted octanol–water partition coefficient (Wildman–Crippen LogP) is 3.72. The molecule has 0 fully saturated rings. The molecule has 0 radical (unpaired) electrons. The third-order valence-corrected chi connectivity index (χ3v) is 6.49. The van der Waals surface area contributed by atoms with E-state index in [1.165, 1.54) is 23.0 Å². The smallest absolute Gasteiger partial charge is 0.338 e. The number of carbonyl (C=O) groups excluding carboxylic acids is 1. The minimum atomic E-state index is -0.740. The van der Waals surface area contributed by atoms with Crippen molar-refractivity contribution in [1.82, 2.24) is 4.57 Å². The largest absolute Gasteiger partial charge is 0.466 e. The van der Waals surface area contributed by atoms with Gasteiger partial charge in [0.15, 0.2) is 4.80 Å². The highest BCUT2D eigenvalue weighted by Crippen LogP contribution is 2.34. The summed E-state index contributed by atoms with van der Waals surface area (Å²) >= 11 is 13.9. The Morgan fingerprint density at radius 3 is 2.47 bits per heavy atom. The molecule has 0 N–H and O–H groups in total. The number of ether oxygens (including phenoxy) is 1. The molecule has 3 aromatic rings. The van der Waals surface area contributed by atoms with Gasteiger partial charge in [0.1, 0.15) is 6.04 Å². The number of aromatic nitrogens is 1. The molecule has 1 aromatic heterocycles. The first-order valence-electron chi connectivity index (χ1n) is 9.02. The van der Waals surface area contributed by atoms with Crippen LogP contribution in [-0.2, 0) is 9.53 Å². The van der Waals surface area contributed by atoms with Gasteiger partial charge < -0.3 is 4.74 Å². The van der Waals surface area contributed by atoms with Crippen LogP contribution in [0, 0.1) is 0 Å². The van der Waals surface area contributed by atoms with Gasteiger partial charge in [-0.3, -0.25) is 9.36 Å². The lowest BCUT2D eigenvalue weighted by atomic mass is 9.96. The Hall–Kier alpha value is -2.67. The highest BCUT2D eigenvalue weighted by Gasteiger charge is 2.34. The number of hydrogen-bond acceptors (Lipinski definition) is 5. The van der Waals surface area contributed by atoms with E-state index in [0.717, 1.165) is 5.56 Å². The van der Waals surface area contributed by atoms with Gasteiger partial charge in [-0.2, -0.15) is 0 Å². The van der Waals surface area contributed by atoms with Gasteiger partial charge in [0.05, 0.1) is 22.9 Å². The average molecular weight is 459 g/mol. The van der Waals surface area contributed by atoms with Gasteiger partial charge >= 0.3 is 5.97 Å². The summed E-state index contributed by atoms with van der Waals surface area (Å²) in [4.78, 5) is 31.0. The van der Waals surface area contributed by atoms with Crippen LogP contribution in [0.5, 0.6) is 0 Å². The van der Waals surface area contributed by atoms with Gasteiger partial charge in [-0.25, -0.2) is 9.79 Å². The molecule has 30 heavy (non-hydrogen) atoms. The zero-order chi connectivity index (χ0) is 21.4. The molecule has 5 nitrogen and oxygen atoms in total. The minimum absolute atomic E-state index is 0.280. The van der Waals surface area contributed by atoms with Crippen molar-refractivity contribution >= 4 is 46.6 Å². The molecule has 152 valence electrons. The maximum Gasteiger partial charge on any atom is 0.338 e. The standard InChI is InChI=1S/C22H16Cl2N2O3S/c1-12-18(21(28)29-2)19(14-8-4-6-10-16(14)24)26-20(27)17(30-22(26)25-12)11-13-7-3-5-9-15(13)23/h3-11,19H,1-2H3/b17-11+/t19-/m0/s1. The Bertz CT molecular complexity index is 1370. The fourth-order valence-corrected chi connectivity index (χ4v) is 4.88. The summed E-state index contributed by atoms with van der Waals surface area (Å²) in [5.41, 5.74) is 1.83. The highest BCUT2D eigenvalue weighted by atomic mass is 35.5. The molecule has 4 rings (SSSR count). The normalized spacial score (nSPS) is 16.3. The summed E-state index contributed by atoms with van der Waals surface area (Å²) in [6.45, 7) is 1.72. The van der Waals surface area contributed by atoms with Gasteiger partial charge in [-0.1, -0.05) is 70.9 Å². The topological polar surface area (TPSA) is 60.7 Å². The van der Waals surface area contributed by atoms with E-state index >= 15 is 0 Å². The van der Waals surface area contributed by atoms with Gasteiger partial charge in [0.2, 0.25) is 0 Å². The number of nitrogens with zero attached hydrogens (tertiary/aromatic N) is 2. The van der Waals surface area contributed by atoms with E-state index < -0.39 is 12.0 Å². The van der Waals surface area contributed by atoms with Crippen LogP contribution in [0.15, 0.2) is 69.6 Å². The number of thiazole rings is 1. The summed E-state index contributed by atoms with van der Waals surface area (Å²) in [5, 5.41) is 0.983. The van der Waals surface area contributed by atoms with Gasteiger partial charge in [-0.05, 0) is 36.3 Å². The number of rotatable bonds is 3. The summed E-state index contributed by atoms with van der Waals surface area (Å²) < 4.78 is 6.94. The van der Waals surface area contributed by atoms with E-state index in [1.807, 2.05) is 24.3 Å². The lowest BCUT2D eigenvalue weighted by Gasteiger charge is -2.25. The quantitative estimate of drug-likeness (QED) is 0.561. The van der Waals surface area contributed by atoms with Crippen molar-refractivity contribution in [3.05, 3.63) is 101 Å². The Morgan fingerprint density at radius 2 is 1.80 bits per heavy atom. The SMILES string of the molecule is COC(=O)C1=C(C)N=c2s/c(=C/c3ccccc3Cl)c(=O)n2[C@H]1c1ccccc1Cl. The summed E-state index contributed by atoms with van der Waals surface area (Å²) in [7, 11) is 1.30. The molecule has 2 heterocycles. The molecule has 0 saturated heterocycles. The third-order valence-electron chi connectivity index (χ3n) is 4.82. The number of benzene rings is 2. The Morgan fingerprint density at radius 1 is 1.13 bits per heavy atom. The number of carbonyl (C=O) groups is 1. The van der Waals surface area contributed by atoms with E-state index in [9.17, 15) is 9.59 Å². The van der Waals surface area contributed by atoms with Crippen molar-refractivity contribution in [1.29, 1.82) is 0 Å². The van der Waals surface area contributed by atoms with Crippen LogP contribution in [0.2, 0.25) is 10.0 Å². The molecule has 1 aliphatic rings. The molecule has 2 aromatic carbocycles. The first-order chi connectivity index (χ1) is 14.4. The fraction of sp³-hybridized carbons (Fsp3) is 0.136. The summed E-state index contributed by atoms with van der Waals surface area (Å²) in [6.07, 6.45) is 1.73. The first-order valence-corrected chi connectivity index (χ1v) is 10.6. The van der Waals surface area contributed by atoms with Crippen LogP contribution in [0.25, 0.3) is 6.08 Å². The summed E-state index contributed by atoms with van der Waals surface area (Å²) in [6, 6.07) is 13.6. The Kier molecular flexibility index (Phi) is 5.64. The van der Waals surface area contributed by atoms with Crippen LogP contribution >= 0.6 is 34.5 Å². The molecule has 0 aliphatic carbocycles. The maximum absolute atomic E-state index is 13.4. The highest BCUT2D eigenvalue weighted by molar-refractivity contribution is 7.07. The molecular weight excluding hydrogens is 443 g/mol. The second-order valence-electron chi connectivity index (χ2n) is 6.62. The second kappa shape index (κ2) is 8.22. The number of esters is 1. The zero-order valence-electron chi connectivity index (χ0n) is 16.1. The van der Waals surface area contributed by atoms with E-state index in [2.05, 4.69) is 4.99 Å². The van der Waals surface area contributed by atoms with E-state index in [4.69, 9.17) is 27.9 Å². The Balaban J connectivity index is 2.03. The van der Waals surface area contributed by atoms with Crippen molar-refractivity contribution in [2.24, 2.45) is 4.99 Å². The molecule has 0 amide bonds. The van der Waals surface area contributed by atoms with Crippen LogP contribution in [-0.4, -0.2) is 17.6 Å². The zero-order valence-corrected chi connectivity index (χ0v) is 18.4. The van der Waals surface area contributed by atoms with Crippen LogP contribution < -0.4 is 14.9 Å². The van der Waals surface area contributed by atoms with Gasteiger partial charge in [-0.15, -0.1) is 0 Å². The molecular formula is C22H16Cl2N2O3S. The van der Waals surface area contributed by atoms with E-state index in [-0.39, 0.29) is 11.1 Å². The van der Waals surface area contributed by atoms with Gasteiger partial charge in [0, 0.05) is 10.0 Å². The van der Waals surface area contributed by atoms with Crippen LogP contribution in [0.1, 0.15) is 24.1 Å².